The molecule has 1 fully saturated rings. The van der Waals surface area contributed by atoms with Gasteiger partial charge in [0.25, 0.3) is 0 Å². The van der Waals surface area contributed by atoms with E-state index in [9.17, 15) is 4.79 Å². The molecule has 1 aromatic carbocycles. The van der Waals surface area contributed by atoms with Gasteiger partial charge in [-0.25, -0.2) is 0 Å². The van der Waals surface area contributed by atoms with E-state index in [2.05, 4.69) is 37.5 Å². The second kappa shape index (κ2) is 6.50. The number of rotatable bonds is 4. The van der Waals surface area contributed by atoms with E-state index in [0.29, 0.717) is 23.8 Å². The van der Waals surface area contributed by atoms with E-state index in [0.717, 1.165) is 11.3 Å². The number of anilines is 1. The maximum absolute atomic E-state index is 11.6. The molecule has 1 saturated carbocycles. The van der Waals surface area contributed by atoms with Crippen LogP contribution in [-0.4, -0.2) is 19.0 Å². The lowest BCUT2D eigenvalue weighted by molar-refractivity contribution is -0.119. The normalized spacial score (nSPS) is 24.4. The van der Waals surface area contributed by atoms with Gasteiger partial charge in [-0.3, -0.25) is 4.79 Å². The van der Waals surface area contributed by atoms with Gasteiger partial charge >= 0.3 is 0 Å². The first-order chi connectivity index (χ1) is 9.91. The summed E-state index contributed by atoms with van der Waals surface area (Å²) in [6, 6.07) is 8.66. The Morgan fingerprint density at radius 1 is 1.33 bits per heavy atom. The molecule has 0 spiro atoms. The van der Waals surface area contributed by atoms with Crippen LogP contribution < -0.4 is 10.6 Å². The molecule has 0 heterocycles. The maximum atomic E-state index is 11.6. The van der Waals surface area contributed by atoms with Crippen molar-refractivity contribution in [3.8, 4) is 0 Å². The number of para-hydroxylation sites is 1. The van der Waals surface area contributed by atoms with Crippen LogP contribution >= 0.6 is 0 Å². The third-order valence-corrected chi connectivity index (χ3v) is 4.68. The average Bonchev–Trinajstić information content (AvgIpc) is 2.43. The molecular weight excluding hydrogens is 260 g/mol. The number of carbonyl (C=O) groups is 1. The second-order valence-corrected chi connectivity index (χ2v) is 7.14. The summed E-state index contributed by atoms with van der Waals surface area (Å²) in [5.74, 6) is 0.712. The summed E-state index contributed by atoms with van der Waals surface area (Å²) in [6.07, 6.45) is 4.14. The van der Waals surface area contributed by atoms with Crippen molar-refractivity contribution in [3.63, 3.8) is 0 Å². The van der Waals surface area contributed by atoms with E-state index in [1.165, 1.54) is 19.3 Å². The van der Waals surface area contributed by atoms with Gasteiger partial charge in [0, 0.05) is 18.8 Å². The standard InChI is InChI=1S/C18H28N2O/c1-13-12-18(2,3)10-9-15(13)20-16-8-6-5-7-14(16)11-17(21)19-4/h5-8,13,15,20H,9-12H2,1-4H3,(H,19,21). The smallest absolute Gasteiger partial charge is 0.224 e. The zero-order valence-electron chi connectivity index (χ0n) is 13.7. The Morgan fingerprint density at radius 3 is 2.71 bits per heavy atom. The number of nitrogens with one attached hydrogen (secondary N) is 2. The molecule has 0 saturated heterocycles. The fraction of sp³-hybridized carbons (Fsp3) is 0.611. The van der Waals surface area contributed by atoms with Crippen LogP contribution in [-0.2, 0) is 11.2 Å². The third kappa shape index (κ3) is 4.23. The lowest BCUT2D eigenvalue weighted by Crippen LogP contribution is -2.37. The minimum atomic E-state index is 0.0575. The number of hydrogen-bond donors (Lipinski definition) is 2. The van der Waals surface area contributed by atoms with Crippen LogP contribution in [0.4, 0.5) is 5.69 Å². The Hall–Kier alpha value is -1.51. The number of likely N-dealkylation sites (N-methyl/N-ethyl adjacent to an activating group) is 1. The summed E-state index contributed by atoms with van der Waals surface area (Å²) in [7, 11) is 1.68. The molecule has 116 valence electrons. The van der Waals surface area contributed by atoms with Crippen LogP contribution in [0.3, 0.4) is 0 Å². The van der Waals surface area contributed by atoms with E-state index in [1.807, 2.05) is 18.2 Å². The average molecular weight is 288 g/mol. The van der Waals surface area contributed by atoms with Gasteiger partial charge in [-0.15, -0.1) is 0 Å². The molecule has 3 nitrogen and oxygen atoms in total. The van der Waals surface area contributed by atoms with Gasteiger partial charge in [0.2, 0.25) is 5.91 Å². The lowest BCUT2D eigenvalue weighted by Gasteiger charge is -2.40. The molecule has 2 atom stereocenters. The fourth-order valence-electron chi connectivity index (χ4n) is 3.44. The Kier molecular flexibility index (Phi) is 4.92. The van der Waals surface area contributed by atoms with Gasteiger partial charge in [-0.1, -0.05) is 39.0 Å². The summed E-state index contributed by atoms with van der Waals surface area (Å²) >= 11 is 0. The largest absolute Gasteiger partial charge is 0.382 e. The highest BCUT2D eigenvalue weighted by molar-refractivity contribution is 5.80. The molecule has 0 bridgehead atoms. The molecule has 2 N–H and O–H groups in total. The number of benzene rings is 1. The molecule has 0 radical (unpaired) electrons. The van der Waals surface area contributed by atoms with E-state index in [1.54, 1.807) is 7.05 Å². The van der Waals surface area contributed by atoms with Crippen molar-refractivity contribution in [1.29, 1.82) is 0 Å². The first-order valence-corrected chi connectivity index (χ1v) is 7.96. The molecule has 2 rings (SSSR count). The first-order valence-electron chi connectivity index (χ1n) is 7.96. The van der Waals surface area contributed by atoms with Crippen LogP contribution in [0.15, 0.2) is 24.3 Å². The molecule has 1 aromatic rings. The Labute approximate surface area is 128 Å². The molecule has 3 heteroatoms. The van der Waals surface area contributed by atoms with Gasteiger partial charge in [-0.05, 0) is 42.2 Å². The highest BCUT2D eigenvalue weighted by Crippen LogP contribution is 2.39. The predicted octanol–water partition coefficient (Wildman–Crippen LogP) is 3.60. The predicted molar refractivity (Wildman–Crippen MR) is 88.4 cm³/mol. The van der Waals surface area contributed by atoms with Gasteiger partial charge < -0.3 is 10.6 Å². The van der Waals surface area contributed by atoms with Crippen molar-refractivity contribution in [3.05, 3.63) is 29.8 Å². The summed E-state index contributed by atoms with van der Waals surface area (Å²) in [4.78, 5) is 11.6. The number of hydrogen-bond acceptors (Lipinski definition) is 2. The van der Waals surface area contributed by atoms with Crippen LogP contribution in [0.5, 0.6) is 0 Å². The van der Waals surface area contributed by atoms with Crippen LogP contribution in [0.1, 0.15) is 45.6 Å². The Bertz CT molecular complexity index is 496. The van der Waals surface area contributed by atoms with Crippen molar-refractivity contribution >= 4 is 11.6 Å². The Balaban J connectivity index is 2.08. The van der Waals surface area contributed by atoms with Gasteiger partial charge in [0.1, 0.15) is 0 Å². The van der Waals surface area contributed by atoms with E-state index < -0.39 is 0 Å². The van der Waals surface area contributed by atoms with Crippen molar-refractivity contribution in [2.75, 3.05) is 12.4 Å². The highest BCUT2D eigenvalue weighted by atomic mass is 16.1. The maximum Gasteiger partial charge on any atom is 0.224 e. The molecule has 2 unspecified atom stereocenters. The molecule has 0 aliphatic heterocycles. The van der Waals surface area contributed by atoms with Crippen molar-refractivity contribution in [1.82, 2.24) is 5.32 Å². The van der Waals surface area contributed by atoms with E-state index in [-0.39, 0.29) is 5.91 Å². The molecule has 1 aliphatic rings. The van der Waals surface area contributed by atoms with E-state index in [4.69, 9.17) is 0 Å². The summed E-state index contributed by atoms with van der Waals surface area (Å²) < 4.78 is 0. The first kappa shape index (κ1) is 15.9. The minimum absolute atomic E-state index is 0.0575. The van der Waals surface area contributed by atoms with Crippen molar-refractivity contribution in [2.45, 2.75) is 52.5 Å². The lowest BCUT2D eigenvalue weighted by atomic mass is 9.70. The molecule has 21 heavy (non-hydrogen) atoms. The third-order valence-electron chi connectivity index (χ3n) is 4.68. The zero-order chi connectivity index (χ0) is 15.5. The number of carbonyl (C=O) groups excluding carboxylic acids is 1. The molecule has 1 amide bonds. The summed E-state index contributed by atoms with van der Waals surface area (Å²) in [5, 5.41) is 6.38. The van der Waals surface area contributed by atoms with Gasteiger partial charge in [0.05, 0.1) is 6.42 Å². The van der Waals surface area contributed by atoms with Crippen molar-refractivity contribution < 1.29 is 4.79 Å². The van der Waals surface area contributed by atoms with Crippen LogP contribution in [0.25, 0.3) is 0 Å². The van der Waals surface area contributed by atoms with Gasteiger partial charge in [-0.2, -0.15) is 0 Å². The zero-order valence-corrected chi connectivity index (χ0v) is 13.7. The topological polar surface area (TPSA) is 41.1 Å². The highest BCUT2D eigenvalue weighted by Gasteiger charge is 2.32. The SMILES string of the molecule is CNC(=O)Cc1ccccc1NC1CCC(C)(C)CC1C. The van der Waals surface area contributed by atoms with Crippen LogP contribution in [0.2, 0.25) is 0 Å². The molecule has 0 aromatic heterocycles. The van der Waals surface area contributed by atoms with E-state index >= 15 is 0 Å². The number of amides is 1. The second-order valence-electron chi connectivity index (χ2n) is 7.14. The minimum Gasteiger partial charge on any atom is -0.382 e. The monoisotopic (exact) mass is 288 g/mol. The van der Waals surface area contributed by atoms with Crippen molar-refractivity contribution in [2.24, 2.45) is 11.3 Å². The Morgan fingerprint density at radius 2 is 2.05 bits per heavy atom. The summed E-state index contributed by atoms with van der Waals surface area (Å²) in [6.45, 7) is 7.05. The molecular formula is C18H28N2O. The van der Waals surface area contributed by atoms with Gasteiger partial charge in [0.15, 0.2) is 0 Å². The summed E-state index contributed by atoms with van der Waals surface area (Å²) in [5.41, 5.74) is 2.64. The quantitative estimate of drug-likeness (QED) is 0.888. The molecule has 1 aliphatic carbocycles. The van der Waals surface area contributed by atoms with Crippen LogP contribution in [0, 0.1) is 11.3 Å². The fourth-order valence-corrected chi connectivity index (χ4v) is 3.44.